The second-order valence-electron chi connectivity index (χ2n) is 3.94. The molecule has 0 saturated carbocycles. The third-order valence-electron chi connectivity index (χ3n) is 2.58. The molecule has 0 radical (unpaired) electrons. The maximum absolute atomic E-state index is 13.3. The molecule has 0 aromatic heterocycles. The Morgan fingerprint density at radius 1 is 1.12 bits per heavy atom. The summed E-state index contributed by atoms with van der Waals surface area (Å²) in [5.41, 5.74) is 2.55. The van der Waals surface area contributed by atoms with Crippen LogP contribution in [0.1, 0.15) is 11.1 Å². The van der Waals surface area contributed by atoms with E-state index in [0.29, 0.717) is 17.1 Å². The zero-order chi connectivity index (χ0) is 12.3. The van der Waals surface area contributed by atoms with Gasteiger partial charge in [-0.15, -0.1) is 0 Å². The van der Waals surface area contributed by atoms with E-state index in [0.717, 1.165) is 11.3 Å². The van der Waals surface area contributed by atoms with E-state index in [-0.39, 0.29) is 5.82 Å². The van der Waals surface area contributed by atoms with Crippen molar-refractivity contribution in [3.05, 3.63) is 64.4 Å². The molecule has 3 heteroatoms. The Balaban J connectivity index is 2.02. The summed E-state index contributed by atoms with van der Waals surface area (Å²) in [6, 6.07) is 12.7. The van der Waals surface area contributed by atoms with E-state index in [4.69, 9.17) is 11.6 Å². The Morgan fingerprint density at radius 3 is 2.47 bits per heavy atom. The molecule has 1 nitrogen and oxygen atoms in total. The van der Waals surface area contributed by atoms with E-state index < -0.39 is 0 Å². The summed E-state index contributed by atoms with van der Waals surface area (Å²) in [4.78, 5) is 0. The minimum atomic E-state index is -0.166. The number of nitrogens with one attached hydrogen (secondary N) is 1. The fraction of sp³-hybridized carbons (Fsp3) is 0.143. The molecule has 0 spiro atoms. The third-order valence-corrected chi connectivity index (χ3v) is 2.83. The Kier molecular flexibility index (Phi) is 3.64. The first-order valence-electron chi connectivity index (χ1n) is 5.39. The lowest BCUT2D eigenvalue weighted by atomic mass is 10.1. The van der Waals surface area contributed by atoms with Crippen molar-refractivity contribution in [3.8, 4) is 0 Å². The van der Waals surface area contributed by atoms with Crippen molar-refractivity contribution < 1.29 is 4.39 Å². The smallest absolute Gasteiger partial charge is 0.126 e. The summed E-state index contributed by atoms with van der Waals surface area (Å²) in [5, 5.41) is 3.92. The minimum absolute atomic E-state index is 0.166. The predicted octanol–water partition coefficient (Wildman–Crippen LogP) is 4.40. The molecule has 2 aromatic rings. The molecule has 2 rings (SSSR count). The minimum Gasteiger partial charge on any atom is -0.381 e. The number of hydrogen-bond acceptors (Lipinski definition) is 1. The van der Waals surface area contributed by atoms with Crippen molar-refractivity contribution in [2.45, 2.75) is 13.5 Å². The number of hydrogen-bond donors (Lipinski definition) is 1. The molecule has 1 N–H and O–H groups in total. The summed E-state index contributed by atoms with van der Waals surface area (Å²) in [6.07, 6.45) is 0. The van der Waals surface area contributed by atoms with E-state index in [2.05, 4.69) is 5.32 Å². The molecule has 17 heavy (non-hydrogen) atoms. The Bertz CT molecular complexity index is 508. The maximum atomic E-state index is 13.3. The summed E-state index contributed by atoms with van der Waals surface area (Å²) in [7, 11) is 0. The molecule has 0 fully saturated rings. The van der Waals surface area contributed by atoms with Gasteiger partial charge >= 0.3 is 0 Å². The van der Waals surface area contributed by atoms with Gasteiger partial charge in [0.2, 0.25) is 0 Å². The predicted molar refractivity (Wildman–Crippen MR) is 69.9 cm³/mol. The zero-order valence-corrected chi connectivity index (χ0v) is 10.3. The number of rotatable bonds is 3. The summed E-state index contributed by atoms with van der Waals surface area (Å²) in [6.45, 7) is 2.35. The molecule has 0 saturated heterocycles. The third kappa shape index (κ3) is 3.21. The molecule has 0 aliphatic rings. The lowest BCUT2D eigenvalue weighted by molar-refractivity contribution is 0.616. The van der Waals surface area contributed by atoms with Gasteiger partial charge in [-0.1, -0.05) is 23.7 Å². The van der Waals surface area contributed by atoms with Gasteiger partial charge in [-0.2, -0.15) is 0 Å². The van der Waals surface area contributed by atoms with Crippen LogP contribution >= 0.6 is 11.6 Å². The molecule has 0 bridgehead atoms. The molecule has 88 valence electrons. The van der Waals surface area contributed by atoms with Crippen LogP contribution in [0.2, 0.25) is 5.02 Å². The van der Waals surface area contributed by atoms with E-state index in [1.165, 1.54) is 0 Å². The summed E-state index contributed by atoms with van der Waals surface area (Å²) >= 11 is 5.79. The van der Waals surface area contributed by atoms with Crippen molar-refractivity contribution in [1.29, 1.82) is 0 Å². The number of benzene rings is 2. The number of halogens is 2. The average Bonchev–Trinajstić information content (AvgIpc) is 2.33. The van der Waals surface area contributed by atoms with Crippen molar-refractivity contribution in [2.75, 3.05) is 5.32 Å². The van der Waals surface area contributed by atoms with Crippen molar-refractivity contribution >= 4 is 17.3 Å². The highest BCUT2D eigenvalue weighted by atomic mass is 35.5. The van der Waals surface area contributed by atoms with E-state index >= 15 is 0 Å². The number of anilines is 1. The zero-order valence-electron chi connectivity index (χ0n) is 9.50. The van der Waals surface area contributed by atoms with Crippen LogP contribution in [-0.4, -0.2) is 0 Å². The summed E-state index contributed by atoms with van der Waals surface area (Å²) in [5.74, 6) is -0.166. The Hall–Kier alpha value is -1.54. The number of aryl methyl sites for hydroxylation is 1. The molecule has 0 unspecified atom stereocenters. The molecule has 0 heterocycles. The van der Waals surface area contributed by atoms with E-state index in [9.17, 15) is 4.39 Å². The Labute approximate surface area is 105 Å². The van der Waals surface area contributed by atoms with Crippen molar-refractivity contribution in [2.24, 2.45) is 0 Å². The normalized spacial score (nSPS) is 10.3. The second kappa shape index (κ2) is 5.19. The topological polar surface area (TPSA) is 12.0 Å². The van der Waals surface area contributed by atoms with Gasteiger partial charge in [0, 0.05) is 17.3 Å². The van der Waals surface area contributed by atoms with Gasteiger partial charge < -0.3 is 5.32 Å². The average molecular weight is 250 g/mol. The van der Waals surface area contributed by atoms with Gasteiger partial charge in [-0.05, 0) is 48.4 Å². The fourth-order valence-corrected chi connectivity index (χ4v) is 1.64. The van der Waals surface area contributed by atoms with Gasteiger partial charge in [0.15, 0.2) is 0 Å². The van der Waals surface area contributed by atoms with Crippen LogP contribution in [0.4, 0.5) is 10.1 Å². The van der Waals surface area contributed by atoms with E-state index in [1.807, 2.05) is 30.3 Å². The van der Waals surface area contributed by atoms with Crippen LogP contribution in [-0.2, 0) is 6.54 Å². The lowest BCUT2D eigenvalue weighted by Crippen LogP contribution is -2.00. The highest BCUT2D eigenvalue weighted by Crippen LogP contribution is 2.15. The highest BCUT2D eigenvalue weighted by molar-refractivity contribution is 6.30. The fourth-order valence-electron chi connectivity index (χ4n) is 1.52. The first-order chi connectivity index (χ1) is 8.15. The second-order valence-corrected chi connectivity index (χ2v) is 4.38. The quantitative estimate of drug-likeness (QED) is 0.850. The van der Waals surface area contributed by atoms with Gasteiger partial charge in [0.05, 0.1) is 0 Å². The maximum Gasteiger partial charge on any atom is 0.126 e. The van der Waals surface area contributed by atoms with Crippen molar-refractivity contribution in [3.63, 3.8) is 0 Å². The van der Waals surface area contributed by atoms with Crippen LogP contribution in [0, 0.1) is 12.7 Å². The lowest BCUT2D eigenvalue weighted by Gasteiger charge is -2.07. The first kappa shape index (κ1) is 11.9. The van der Waals surface area contributed by atoms with Crippen LogP contribution in [0.15, 0.2) is 42.5 Å². The van der Waals surface area contributed by atoms with Gasteiger partial charge in [-0.25, -0.2) is 4.39 Å². The Morgan fingerprint density at radius 2 is 1.82 bits per heavy atom. The first-order valence-corrected chi connectivity index (χ1v) is 5.77. The van der Waals surface area contributed by atoms with Crippen LogP contribution in [0.5, 0.6) is 0 Å². The van der Waals surface area contributed by atoms with Gasteiger partial charge in [0.1, 0.15) is 5.82 Å². The molecular weight excluding hydrogens is 237 g/mol. The SMILES string of the molecule is Cc1ccc(CNc2ccc(Cl)cc2)cc1F. The monoisotopic (exact) mass is 249 g/mol. The molecule has 0 amide bonds. The molecule has 0 aliphatic carbocycles. The van der Waals surface area contributed by atoms with Gasteiger partial charge in [0.25, 0.3) is 0 Å². The molecule has 0 aliphatic heterocycles. The van der Waals surface area contributed by atoms with Gasteiger partial charge in [-0.3, -0.25) is 0 Å². The molecule has 2 aromatic carbocycles. The standard InChI is InChI=1S/C14H13ClFN/c1-10-2-3-11(8-14(10)16)9-17-13-6-4-12(15)5-7-13/h2-8,17H,9H2,1H3. The van der Waals surface area contributed by atoms with Crippen LogP contribution in [0.25, 0.3) is 0 Å². The van der Waals surface area contributed by atoms with Crippen LogP contribution < -0.4 is 5.32 Å². The highest BCUT2D eigenvalue weighted by Gasteiger charge is 1.99. The molecular formula is C14H13ClFN. The summed E-state index contributed by atoms with van der Waals surface area (Å²) < 4.78 is 13.3. The van der Waals surface area contributed by atoms with Crippen LogP contribution in [0.3, 0.4) is 0 Å². The van der Waals surface area contributed by atoms with E-state index in [1.54, 1.807) is 19.1 Å². The van der Waals surface area contributed by atoms with Crippen molar-refractivity contribution in [1.82, 2.24) is 0 Å². The largest absolute Gasteiger partial charge is 0.381 e. The molecule has 0 atom stereocenters.